The summed E-state index contributed by atoms with van der Waals surface area (Å²) in [5.74, 6) is 2.29. The van der Waals surface area contributed by atoms with Gasteiger partial charge < -0.3 is 4.74 Å². The first-order chi connectivity index (χ1) is 13.1. The number of amides is 2. The number of rotatable bonds is 7. The Bertz CT molecular complexity index is 709. The minimum atomic E-state index is -0.542. The van der Waals surface area contributed by atoms with Crippen molar-refractivity contribution >= 4 is 28.5 Å². The second-order valence-electron chi connectivity index (χ2n) is 8.37. The van der Waals surface area contributed by atoms with Crippen molar-refractivity contribution in [1.82, 2.24) is 10.5 Å². The molecule has 5 rings (SSSR count). The van der Waals surface area contributed by atoms with Crippen LogP contribution in [0.1, 0.15) is 57.1 Å². The van der Waals surface area contributed by atoms with Gasteiger partial charge in [0, 0.05) is 5.38 Å². The summed E-state index contributed by atoms with van der Waals surface area (Å²) < 4.78 is 5.33. The van der Waals surface area contributed by atoms with Gasteiger partial charge in [0.2, 0.25) is 5.91 Å². The van der Waals surface area contributed by atoms with Gasteiger partial charge in [0.25, 0.3) is 0 Å². The highest BCUT2D eigenvalue weighted by Gasteiger charge is 2.56. The van der Waals surface area contributed by atoms with Crippen molar-refractivity contribution in [2.75, 3.05) is 11.9 Å². The topological polar surface area (TPSA) is 101 Å². The molecule has 1 heterocycles. The highest BCUT2D eigenvalue weighted by Crippen LogP contribution is 2.66. The van der Waals surface area contributed by atoms with Gasteiger partial charge in [-0.05, 0) is 61.7 Å². The third-order valence-electron chi connectivity index (χ3n) is 6.86. The van der Waals surface area contributed by atoms with Crippen LogP contribution in [0.3, 0.4) is 0 Å². The van der Waals surface area contributed by atoms with Crippen LogP contribution in [0.5, 0.6) is 0 Å². The first-order valence-corrected chi connectivity index (χ1v) is 10.8. The zero-order chi connectivity index (χ0) is 18.9. The monoisotopic (exact) mass is 393 g/mol. The summed E-state index contributed by atoms with van der Waals surface area (Å²) in [6, 6.07) is 0. The van der Waals surface area contributed by atoms with Gasteiger partial charge in [-0.3, -0.25) is 15.3 Å². The van der Waals surface area contributed by atoms with E-state index in [1.807, 2.05) is 0 Å². The summed E-state index contributed by atoms with van der Waals surface area (Å²) in [5, 5.41) is 13.2. The third kappa shape index (κ3) is 3.96. The van der Waals surface area contributed by atoms with Crippen LogP contribution in [0.4, 0.5) is 9.93 Å². The average molecular weight is 394 g/mol. The number of carbonyl (C=O) groups excluding carboxylic acids is 2. The van der Waals surface area contributed by atoms with Crippen molar-refractivity contribution in [3.8, 4) is 0 Å². The molecule has 1 aromatic rings. The molecule has 3 N–H and O–H groups in total. The predicted octanol–water partition coefficient (Wildman–Crippen LogP) is 3.74. The van der Waals surface area contributed by atoms with E-state index in [-0.39, 0.29) is 6.42 Å². The zero-order valence-electron chi connectivity index (χ0n) is 15.4. The Morgan fingerprint density at radius 2 is 2.19 bits per heavy atom. The lowest BCUT2D eigenvalue weighted by atomic mass is 9.70. The Hall–Kier alpha value is -1.67. The van der Waals surface area contributed by atoms with E-state index in [2.05, 4.69) is 10.3 Å². The molecule has 0 radical (unpaired) electrons. The summed E-state index contributed by atoms with van der Waals surface area (Å²) >= 11 is 1.22. The molecule has 8 heteroatoms. The van der Waals surface area contributed by atoms with Crippen molar-refractivity contribution in [3.63, 3.8) is 0 Å². The molecule has 148 valence electrons. The van der Waals surface area contributed by atoms with E-state index in [1.54, 1.807) is 10.9 Å². The van der Waals surface area contributed by atoms with Gasteiger partial charge in [-0.2, -0.15) is 0 Å². The highest BCUT2D eigenvalue weighted by molar-refractivity contribution is 7.13. The molecule has 2 amide bonds. The average Bonchev–Trinajstić information content (AvgIpc) is 3.25. The number of nitrogens with one attached hydrogen (secondary N) is 2. The van der Waals surface area contributed by atoms with E-state index >= 15 is 0 Å². The molecule has 4 aliphatic rings. The molecule has 4 bridgehead atoms. The maximum atomic E-state index is 12.0. The number of anilines is 1. The number of hydrogen-bond donors (Lipinski definition) is 3. The number of hydroxylamine groups is 1. The minimum absolute atomic E-state index is 0.0328. The Labute approximate surface area is 162 Å². The third-order valence-corrected chi connectivity index (χ3v) is 7.67. The Kier molecular flexibility index (Phi) is 5.36. The molecule has 0 aromatic carbocycles. The fourth-order valence-electron chi connectivity index (χ4n) is 5.84. The molecule has 4 aliphatic carbocycles. The molecular weight excluding hydrogens is 366 g/mol. The van der Waals surface area contributed by atoms with Crippen LogP contribution >= 0.6 is 11.3 Å². The standard InChI is InChI=1S/C19H27N3O4S/c23-16(22-25)8-15-11-27-17(20-15)21-18(24)26-6-2-5-19-9-12-3-1-4-14(19)7-13(12)10-19/h11-14,25H,1-10H2,(H,22,23)(H,20,21,24). The van der Waals surface area contributed by atoms with Crippen LogP contribution in [-0.4, -0.2) is 28.8 Å². The molecule has 0 saturated heterocycles. The molecule has 4 fully saturated rings. The van der Waals surface area contributed by atoms with Gasteiger partial charge in [0.1, 0.15) is 0 Å². The molecule has 0 aliphatic heterocycles. The number of thiazole rings is 1. The summed E-state index contributed by atoms with van der Waals surface area (Å²) in [7, 11) is 0. The van der Waals surface area contributed by atoms with Gasteiger partial charge in [-0.25, -0.2) is 15.3 Å². The largest absolute Gasteiger partial charge is 0.449 e. The van der Waals surface area contributed by atoms with Crippen molar-refractivity contribution in [1.29, 1.82) is 0 Å². The van der Waals surface area contributed by atoms with E-state index in [4.69, 9.17) is 9.94 Å². The molecule has 4 atom stereocenters. The van der Waals surface area contributed by atoms with Crippen LogP contribution in [0.2, 0.25) is 0 Å². The van der Waals surface area contributed by atoms with Gasteiger partial charge in [0.05, 0.1) is 18.7 Å². The summed E-state index contributed by atoms with van der Waals surface area (Å²) in [6.45, 7) is 0.431. The summed E-state index contributed by atoms with van der Waals surface area (Å²) in [6.07, 6.45) is 10.0. The first-order valence-electron chi connectivity index (χ1n) is 9.89. The number of hydrogen-bond acceptors (Lipinski definition) is 6. The van der Waals surface area contributed by atoms with Crippen LogP contribution in [0.25, 0.3) is 0 Å². The molecular formula is C19H27N3O4S. The lowest BCUT2D eigenvalue weighted by molar-refractivity contribution is -0.128. The maximum absolute atomic E-state index is 12.0. The van der Waals surface area contributed by atoms with Gasteiger partial charge in [-0.1, -0.05) is 12.8 Å². The second kappa shape index (κ2) is 7.75. The molecule has 4 saturated carbocycles. The fourth-order valence-corrected chi connectivity index (χ4v) is 6.54. The SMILES string of the molecule is O=C(Cc1csc(NC(=O)OCCCC23CC4CCCC2CC4C3)n1)NO. The Morgan fingerprint density at radius 3 is 3.04 bits per heavy atom. The summed E-state index contributed by atoms with van der Waals surface area (Å²) in [5.41, 5.74) is 2.58. The fraction of sp³-hybridized carbons (Fsp3) is 0.737. The van der Waals surface area contributed by atoms with Crippen molar-refractivity contribution in [2.24, 2.45) is 23.2 Å². The molecule has 0 spiro atoms. The van der Waals surface area contributed by atoms with Crippen molar-refractivity contribution in [3.05, 3.63) is 11.1 Å². The first kappa shape index (κ1) is 18.7. The Balaban J connectivity index is 1.19. The van der Waals surface area contributed by atoms with Gasteiger partial charge in [-0.15, -0.1) is 11.3 Å². The van der Waals surface area contributed by atoms with Gasteiger partial charge in [0.15, 0.2) is 5.13 Å². The van der Waals surface area contributed by atoms with Crippen molar-refractivity contribution in [2.45, 2.75) is 57.8 Å². The van der Waals surface area contributed by atoms with E-state index in [0.717, 1.165) is 24.2 Å². The molecule has 1 aromatic heterocycles. The minimum Gasteiger partial charge on any atom is -0.449 e. The van der Waals surface area contributed by atoms with Crippen LogP contribution < -0.4 is 10.8 Å². The molecule has 27 heavy (non-hydrogen) atoms. The number of nitrogens with zero attached hydrogens (tertiary/aromatic N) is 1. The lowest BCUT2D eigenvalue weighted by Gasteiger charge is -2.35. The van der Waals surface area contributed by atoms with E-state index in [1.165, 1.54) is 56.3 Å². The second-order valence-corrected chi connectivity index (χ2v) is 9.23. The van der Waals surface area contributed by atoms with Crippen LogP contribution in [-0.2, 0) is 16.0 Å². The number of fused-ring (bicyclic) bond motifs is 2. The smallest absolute Gasteiger partial charge is 0.413 e. The number of aromatic nitrogens is 1. The van der Waals surface area contributed by atoms with Crippen molar-refractivity contribution < 1.29 is 19.5 Å². The predicted molar refractivity (Wildman–Crippen MR) is 101 cm³/mol. The number of carbonyl (C=O) groups is 2. The normalized spacial score (nSPS) is 30.9. The molecule has 4 unspecified atom stereocenters. The zero-order valence-corrected chi connectivity index (χ0v) is 16.2. The molecule has 7 nitrogen and oxygen atoms in total. The highest BCUT2D eigenvalue weighted by atomic mass is 32.1. The van der Waals surface area contributed by atoms with E-state index < -0.39 is 12.0 Å². The van der Waals surface area contributed by atoms with Gasteiger partial charge >= 0.3 is 6.09 Å². The Morgan fingerprint density at radius 1 is 1.33 bits per heavy atom. The maximum Gasteiger partial charge on any atom is 0.413 e. The van der Waals surface area contributed by atoms with E-state index in [9.17, 15) is 9.59 Å². The number of ether oxygens (including phenoxy) is 1. The van der Waals surface area contributed by atoms with Crippen LogP contribution in [0.15, 0.2) is 5.38 Å². The van der Waals surface area contributed by atoms with Crippen LogP contribution in [0, 0.1) is 23.2 Å². The summed E-state index contributed by atoms with van der Waals surface area (Å²) in [4.78, 5) is 27.2. The lowest BCUT2D eigenvalue weighted by Crippen LogP contribution is -2.26. The quantitative estimate of drug-likeness (QED) is 0.372. The van der Waals surface area contributed by atoms with E-state index in [0.29, 0.717) is 22.8 Å².